The Bertz CT molecular complexity index is 434. The van der Waals surface area contributed by atoms with Gasteiger partial charge in [0.25, 0.3) is 0 Å². The molecule has 21 heavy (non-hydrogen) atoms. The van der Waals surface area contributed by atoms with E-state index in [1.165, 1.54) is 11.1 Å². The third-order valence-corrected chi connectivity index (χ3v) is 3.87. The highest BCUT2D eigenvalue weighted by Gasteiger charge is 2.20. The predicted molar refractivity (Wildman–Crippen MR) is 104 cm³/mol. The number of aryl methyl sites for hydroxylation is 1. The van der Waals surface area contributed by atoms with Crippen molar-refractivity contribution in [3.63, 3.8) is 0 Å². The van der Waals surface area contributed by atoms with Crippen LogP contribution in [0.25, 0.3) is 0 Å². The fourth-order valence-corrected chi connectivity index (χ4v) is 2.21. The number of halogens is 1. The van der Waals surface area contributed by atoms with Gasteiger partial charge in [0.1, 0.15) is 0 Å². The Hall–Kier alpha value is -0.780. The maximum atomic E-state index is 6.05. The van der Waals surface area contributed by atoms with E-state index in [0.717, 1.165) is 19.5 Å². The molecular weight excluding hydrogens is 373 g/mol. The van der Waals surface area contributed by atoms with Crippen LogP contribution in [0, 0.1) is 0 Å². The summed E-state index contributed by atoms with van der Waals surface area (Å²) in [6.07, 6.45) is 1.08. The van der Waals surface area contributed by atoms with Crippen molar-refractivity contribution in [2.75, 3.05) is 19.6 Å². The van der Waals surface area contributed by atoms with Crippen molar-refractivity contribution in [1.82, 2.24) is 4.90 Å². The number of nitrogens with zero attached hydrogens (tertiary/aromatic N) is 2. The zero-order valence-corrected chi connectivity index (χ0v) is 16.3. The average molecular weight is 403 g/mol. The molecule has 0 unspecified atom stereocenters. The highest BCUT2D eigenvalue weighted by molar-refractivity contribution is 14.0. The molecule has 0 saturated heterocycles. The minimum atomic E-state index is 0. The first-order valence-electron chi connectivity index (χ1n) is 7.58. The van der Waals surface area contributed by atoms with Gasteiger partial charge in [-0.1, -0.05) is 45.0 Å². The summed E-state index contributed by atoms with van der Waals surface area (Å²) in [7, 11) is 0. The molecule has 0 atom stereocenters. The van der Waals surface area contributed by atoms with Gasteiger partial charge >= 0.3 is 0 Å². The van der Waals surface area contributed by atoms with Gasteiger partial charge in [0, 0.05) is 18.5 Å². The van der Waals surface area contributed by atoms with Gasteiger partial charge in [0.2, 0.25) is 0 Å². The molecule has 3 nitrogen and oxygen atoms in total. The minimum Gasteiger partial charge on any atom is -0.370 e. The van der Waals surface area contributed by atoms with Crippen molar-refractivity contribution in [2.45, 2.75) is 46.5 Å². The fraction of sp³-hybridized carbons (Fsp3) is 0.588. The van der Waals surface area contributed by atoms with Gasteiger partial charge in [-0.25, -0.2) is 0 Å². The molecule has 0 fully saturated rings. The summed E-state index contributed by atoms with van der Waals surface area (Å²) in [5.74, 6) is 0.647. The predicted octanol–water partition coefficient (Wildman–Crippen LogP) is 3.80. The molecule has 0 heterocycles. The molecule has 0 aliphatic rings. The number of guanidine groups is 1. The van der Waals surface area contributed by atoms with Crippen LogP contribution in [0.5, 0.6) is 0 Å². The molecule has 120 valence electrons. The van der Waals surface area contributed by atoms with Gasteiger partial charge in [-0.05, 0) is 31.4 Å². The molecule has 1 rings (SSSR count). The Labute approximate surface area is 147 Å². The molecular formula is C17H30IN3. The molecule has 2 N–H and O–H groups in total. The van der Waals surface area contributed by atoms with Gasteiger partial charge in [-0.3, -0.25) is 4.99 Å². The number of hydrogen-bond acceptors (Lipinski definition) is 1. The summed E-state index contributed by atoms with van der Waals surface area (Å²) in [4.78, 5) is 6.66. The Morgan fingerprint density at radius 1 is 1.10 bits per heavy atom. The molecule has 0 saturated carbocycles. The number of benzene rings is 1. The van der Waals surface area contributed by atoms with Crippen molar-refractivity contribution < 1.29 is 0 Å². The summed E-state index contributed by atoms with van der Waals surface area (Å²) >= 11 is 0. The molecule has 0 spiro atoms. The molecule has 4 heteroatoms. The molecule has 0 radical (unpaired) electrons. The lowest BCUT2D eigenvalue weighted by Gasteiger charge is -2.25. The lowest BCUT2D eigenvalue weighted by atomic mass is 9.84. The van der Waals surface area contributed by atoms with Crippen LogP contribution in [0.2, 0.25) is 0 Å². The average Bonchev–Trinajstić information content (AvgIpc) is 2.46. The number of rotatable bonds is 6. The summed E-state index contributed by atoms with van der Waals surface area (Å²) < 4.78 is 0. The molecule has 1 aromatic carbocycles. The van der Waals surface area contributed by atoms with Crippen LogP contribution in [-0.4, -0.2) is 30.5 Å². The van der Waals surface area contributed by atoms with Gasteiger partial charge in [0.05, 0.1) is 6.54 Å². The van der Waals surface area contributed by atoms with Gasteiger partial charge < -0.3 is 10.6 Å². The molecule has 0 aliphatic carbocycles. The topological polar surface area (TPSA) is 41.6 Å². The van der Waals surface area contributed by atoms with E-state index in [-0.39, 0.29) is 29.4 Å². The smallest absolute Gasteiger partial charge is 0.191 e. The maximum Gasteiger partial charge on any atom is 0.191 e. The fourth-order valence-electron chi connectivity index (χ4n) is 2.21. The summed E-state index contributed by atoms with van der Waals surface area (Å²) in [6, 6.07) is 8.83. The summed E-state index contributed by atoms with van der Waals surface area (Å²) in [6.45, 7) is 13.3. The van der Waals surface area contributed by atoms with E-state index >= 15 is 0 Å². The molecule has 1 aromatic rings. The highest BCUT2D eigenvalue weighted by atomic mass is 127. The number of hydrogen-bond donors (Lipinski definition) is 1. The summed E-state index contributed by atoms with van der Waals surface area (Å²) in [5, 5.41) is 0. The molecule has 0 aliphatic heterocycles. The molecule has 0 bridgehead atoms. The zero-order valence-electron chi connectivity index (χ0n) is 14.0. The van der Waals surface area contributed by atoms with E-state index in [1.807, 2.05) is 0 Å². The second-order valence-corrected chi connectivity index (χ2v) is 5.78. The first-order valence-corrected chi connectivity index (χ1v) is 7.58. The van der Waals surface area contributed by atoms with Gasteiger partial charge in [-0.15, -0.1) is 24.0 Å². The van der Waals surface area contributed by atoms with E-state index < -0.39 is 0 Å². The second kappa shape index (κ2) is 9.28. The van der Waals surface area contributed by atoms with E-state index in [2.05, 4.69) is 68.8 Å². The van der Waals surface area contributed by atoms with Crippen LogP contribution in [0.4, 0.5) is 0 Å². The van der Waals surface area contributed by atoms with E-state index in [4.69, 9.17) is 5.73 Å². The van der Waals surface area contributed by atoms with Crippen LogP contribution >= 0.6 is 24.0 Å². The molecule has 0 amide bonds. The van der Waals surface area contributed by atoms with Gasteiger partial charge in [0.15, 0.2) is 5.96 Å². The largest absolute Gasteiger partial charge is 0.370 e. The van der Waals surface area contributed by atoms with E-state index in [9.17, 15) is 0 Å². The van der Waals surface area contributed by atoms with Crippen molar-refractivity contribution in [1.29, 1.82) is 0 Å². The second-order valence-electron chi connectivity index (χ2n) is 5.78. The zero-order chi connectivity index (χ0) is 15.2. The molecule has 0 aromatic heterocycles. The van der Waals surface area contributed by atoms with Crippen LogP contribution in [0.15, 0.2) is 29.3 Å². The van der Waals surface area contributed by atoms with Crippen LogP contribution in [0.1, 0.15) is 45.7 Å². The van der Waals surface area contributed by atoms with Crippen LogP contribution < -0.4 is 5.73 Å². The van der Waals surface area contributed by atoms with Crippen molar-refractivity contribution in [3.8, 4) is 0 Å². The van der Waals surface area contributed by atoms with Gasteiger partial charge in [-0.2, -0.15) is 0 Å². The van der Waals surface area contributed by atoms with Crippen LogP contribution in [-0.2, 0) is 11.8 Å². The lowest BCUT2D eigenvalue weighted by molar-refractivity contribution is 0.451. The van der Waals surface area contributed by atoms with Crippen LogP contribution in [0.3, 0.4) is 0 Å². The minimum absolute atomic E-state index is 0. The Kier molecular flexibility index (Phi) is 8.94. The third kappa shape index (κ3) is 5.85. The third-order valence-electron chi connectivity index (χ3n) is 3.87. The SMILES string of the molecule is CCc1ccc(C(C)(C)CN=C(N)N(CC)CC)cc1.I. The van der Waals surface area contributed by atoms with E-state index in [0.29, 0.717) is 12.5 Å². The van der Waals surface area contributed by atoms with Crippen molar-refractivity contribution in [2.24, 2.45) is 10.7 Å². The Balaban J connectivity index is 0.00000400. The van der Waals surface area contributed by atoms with Crippen molar-refractivity contribution >= 4 is 29.9 Å². The number of nitrogens with two attached hydrogens (primary N) is 1. The highest BCUT2D eigenvalue weighted by Crippen LogP contribution is 2.24. The Morgan fingerprint density at radius 3 is 2.05 bits per heavy atom. The van der Waals surface area contributed by atoms with E-state index in [1.54, 1.807) is 0 Å². The maximum absolute atomic E-state index is 6.05. The monoisotopic (exact) mass is 403 g/mol. The summed E-state index contributed by atoms with van der Waals surface area (Å²) in [5.41, 5.74) is 8.73. The Morgan fingerprint density at radius 2 is 1.62 bits per heavy atom. The first kappa shape index (κ1) is 20.2. The quantitative estimate of drug-likeness (QED) is 0.446. The lowest BCUT2D eigenvalue weighted by Crippen LogP contribution is -2.38. The van der Waals surface area contributed by atoms with Crippen molar-refractivity contribution in [3.05, 3.63) is 35.4 Å². The standard InChI is InChI=1S/C17H29N3.HI/c1-6-14-9-11-15(12-10-14)17(4,5)13-19-16(18)20(7-2)8-3;/h9-12H,6-8,13H2,1-5H3,(H2,18,19);1H. The normalized spacial score (nSPS) is 12.0. The first-order chi connectivity index (χ1) is 9.44. The number of aliphatic imine (C=N–C) groups is 1.